The molecular formula is C9H15NO2S3. The summed E-state index contributed by atoms with van der Waals surface area (Å²) in [6.07, 6.45) is 1.72. The van der Waals surface area contributed by atoms with Gasteiger partial charge < -0.3 is 4.90 Å². The molecule has 0 fully saturated rings. The number of hydrogen-bond acceptors (Lipinski definition) is 4. The van der Waals surface area contributed by atoms with E-state index in [1.54, 1.807) is 6.08 Å². The van der Waals surface area contributed by atoms with Crippen molar-refractivity contribution in [3.63, 3.8) is 0 Å². The van der Waals surface area contributed by atoms with Crippen LogP contribution in [0.2, 0.25) is 0 Å². The van der Waals surface area contributed by atoms with Gasteiger partial charge in [0.2, 0.25) is 0 Å². The van der Waals surface area contributed by atoms with Crippen LogP contribution in [-0.2, 0) is 9.84 Å². The molecule has 0 amide bonds. The summed E-state index contributed by atoms with van der Waals surface area (Å²) in [5.74, 6) is 0.180. The Morgan fingerprint density at radius 1 is 1.53 bits per heavy atom. The van der Waals surface area contributed by atoms with Gasteiger partial charge in [-0.3, -0.25) is 0 Å². The van der Waals surface area contributed by atoms with Crippen molar-refractivity contribution in [3.05, 3.63) is 11.5 Å². The van der Waals surface area contributed by atoms with E-state index < -0.39 is 9.84 Å². The highest BCUT2D eigenvalue weighted by Gasteiger charge is 2.24. The van der Waals surface area contributed by atoms with Crippen LogP contribution in [-0.4, -0.2) is 41.7 Å². The molecule has 1 rings (SSSR count). The Labute approximate surface area is 101 Å². The van der Waals surface area contributed by atoms with E-state index in [1.165, 1.54) is 17.2 Å². The maximum atomic E-state index is 11.2. The van der Waals surface area contributed by atoms with Crippen molar-refractivity contribution in [2.75, 3.05) is 18.8 Å². The van der Waals surface area contributed by atoms with Crippen LogP contribution in [0.5, 0.6) is 0 Å². The first-order valence-electron chi connectivity index (χ1n) is 4.85. The fourth-order valence-corrected chi connectivity index (χ4v) is 4.81. The molecule has 0 saturated carbocycles. The zero-order valence-corrected chi connectivity index (χ0v) is 11.3. The number of nitrogens with zero attached hydrogens (tertiary/aromatic N) is 1. The molecule has 3 nitrogen and oxygen atoms in total. The van der Waals surface area contributed by atoms with E-state index in [2.05, 4.69) is 4.90 Å². The lowest BCUT2D eigenvalue weighted by Crippen LogP contribution is -2.28. The predicted molar refractivity (Wildman–Crippen MR) is 69.8 cm³/mol. The largest absolute Gasteiger partial charge is 0.358 e. The molecule has 0 unspecified atom stereocenters. The second-order valence-corrected chi connectivity index (χ2v) is 7.06. The summed E-state index contributed by atoms with van der Waals surface area (Å²) in [7, 11) is -2.96. The van der Waals surface area contributed by atoms with Crippen molar-refractivity contribution in [2.24, 2.45) is 0 Å². The molecule has 1 aliphatic rings. The number of sulfone groups is 1. The van der Waals surface area contributed by atoms with Crippen molar-refractivity contribution < 1.29 is 8.42 Å². The van der Waals surface area contributed by atoms with E-state index in [0.29, 0.717) is 0 Å². The molecule has 86 valence electrons. The summed E-state index contributed by atoms with van der Waals surface area (Å²) < 4.78 is 23.1. The smallest absolute Gasteiger partial charge is 0.172 e. The van der Waals surface area contributed by atoms with Crippen LogP contribution in [0.25, 0.3) is 0 Å². The zero-order chi connectivity index (χ0) is 11.5. The lowest BCUT2D eigenvalue weighted by Gasteiger charge is -2.22. The van der Waals surface area contributed by atoms with Crippen LogP contribution in [0.15, 0.2) is 11.5 Å². The molecule has 0 aromatic rings. The van der Waals surface area contributed by atoms with E-state index in [1.807, 2.05) is 13.8 Å². The predicted octanol–water partition coefficient (Wildman–Crippen LogP) is 1.66. The minimum absolute atomic E-state index is 0.0110. The molecule has 0 saturated heterocycles. The summed E-state index contributed by atoms with van der Waals surface area (Å²) in [5, 5.41) is 1.28. The van der Waals surface area contributed by atoms with Gasteiger partial charge in [0.25, 0.3) is 0 Å². The molecule has 0 aliphatic carbocycles. The van der Waals surface area contributed by atoms with Gasteiger partial charge in [-0.25, -0.2) is 8.42 Å². The summed E-state index contributed by atoms with van der Waals surface area (Å²) in [4.78, 5) is 2.05. The van der Waals surface area contributed by atoms with Crippen LogP contribution in [0, 0.1) is 0 Å². The Kier molecular flexibility index (Phi) is 4.61. The molecule has 0 N–H and O–H groups in total. The minimum atomic E-state index is -2.96. The molecule has 0 spiro atoms. The van der Waals surface area contributed by atoms with Gasteiger partial charge in [0, 0.05) is 23.7 Å². The number of hydrogen-bond donors (Lipinski definition) is 0. The lowest BCUT2D eigenvalue weighted by atomic mass is 10.5. The first-order chi connectivity index (χ1) is 6.98. The van der Waals surface area contributed by atoms with Crippen LogP contribution in [0.4, 0.5) is 0 Å². The molecule has 0 aromatic heterocycles. The fourth-order valence-electron chi connectivity index (χ4n) is 1.31. The lowest BCUT2D eigenvalue weighted by molar-refractivity contribution is 0.482. The van der Waals surface area contributed by atoms with Crippen molar-refractivity contribution in [1.29, 1.82) is 0 Å². The summed E-state index contributed by atoms with van der Waals surface area (Å²) >= 11 is 6.70. The first kappa shape index (κ1) is 13.0. The third-order valence-electron chi connectivity index (χ3n) is 2.17. The molecule has 1 atom stereocenters. The Hall–Kier alpha value is -0.0700. The highest BCUT2D eigenvalue weighted by atomic mass is 32.2. The van der Waals surface area contributed by atoms with Gasteiger partial charge in [0.1, 0.15) is 4.32 Å². The Morgan fingerprint density at radius 2 is 2.13 bits per heavy atom. The van der Waals surface area contributed by atoms with E-state index in [9.17, 15) is 8.42 Å². The van der Waals surface area contributed by atoms with E-state index in [-0.39, 0.29) is 11.0 Å². The van der Waals surface area contributed by atoms with Crippen LogP contribution >= 0.6 is 24.0 Å². The van der Waals surface area contributed by atoms with E-state index in [4.69, 9.17) is 12.2 Å². The second-order valence-electron chi connectivity index (χ2n) is 3.25. The maximum absolute atomic E-state index is 11.2. The molecule has 0 bridgehead atoms. The summed E-state index contributed by atoms with van der Waals surface area (Å²) in [5.41, 5.74) is 0. The van der Waals surface area contributed by atoms with Crippen molar-refractivity contribution in [1.82, 2.24) is 4.90 Å². The average Bonchev–Trinajstić information content (AvgIpc) is 2.47. The van der Waals surface area contributed by atoms with E-state index in [0.717, 1.165) is 17.4 Å². The summed E-state index contributed by atoms with van der Waals surface area (Å²) in [6, 6.07) is 0. The van der Waals surface area contributed by atoms with Crippen molar-refractivity contribution in [3.8, 4) is 0 Å². The topological polar surface area (TPSA) is 37.4 Å². The molecular weight excluding hydrogens is 250 g/mol. The molecule has 1 heterocycles. The molecule has 0 aromatic carbocycles. The molecule has 0 radical (unpaired) electrons. The van der Waals surface area contributed by atoms with Gasteiger partial charge in [-0.1, -0.05) is 30.1 Å². The standard InChI is InChI=1S/C9H15NO2S3/c1-3-10(4-2)9(13)14-8-5-6-15(11,12)7-8/h5-6,8H,3-4,7H2,1-2H3/t8-/m0/s1. The number of thiocarbonyl (C=S) groups is 1. The second kappa shape index (κ2) is 5.32. The van der Waals surface area contributed by atoms with Gasteiger partial charge in [0.05, 0.1) is 5.75 Å². The van der Waals surface area contributed by atoms with E-state index >= 15 is 0 Å². The maximum Gasteiger partial charge on any atom is 0.172 e. The van der Waals surface area contributed by atoms with Gasteiger partial charge >= 0.3 is 0 Å². The Balaban J connectivity index is 2.51. The molecule has 1 aliphatic heterocycles. The van der Waals surface area contributed by atoms with Crippen LogP contribution in [0.3, 0.4) is 0 Å². The SMILES string of the molecule is CCN(CC)C(=S)S[C@H]1C=CS(=O)(=O)C1. The third kappa shape index (κ3) is 3.77. The van der Waals surface area contributed by atoms with Gasteiger partial charge in [0.15, 0.2) is 9.84 Å². The van der Waals surface area contributed by atoms with Gasteiger partial charge in [-0.2, -0.15) is 0 Å². The average molecular weight is 265 g/mol. The Morgan fingerprint density at radius 3 is 2.53 bits per heavy atom. The fraction of sp³-hybridized carbons (Fsp3) is 0.667. The monoisotopic (exact) mass is 265 g/mol. The summed E-state index contributed by atoms with van der Waals surface area (Å²) in [6.45, 7) is 5.81. The first-order valence-corrected chi connectivity index (χ1v) is 7.85. The highest BCUT2D eigenvalue weighted by Crippen LogP contribution is 2.24. The third-order valence-corrected chi connectivity index (χ3v) is 5.41. The zero-order valence-electron chi connectivity index (χ0n) is 8.84. The van der Waals surface area contributed by atoms with Crippen molar-refractivity contribution in [2.45, 2.75) is 19.1 Å². The number of thioether (sulfide) groups is 1. The minimum Gasteiger partial charge on any atom is -0.358 e. The normalized spacial score (nSPS) is 22.9. The van der Waals surface area contributed by atoms with Crippen LogP contribution < -0.4 is 0 Å². The van der Waals surface area contributed by atoms with Gasteiger partial charge in [-0.15, -0.1) is 0 Å². The molecule has 15 heavy (non-hydrogen) atoms. The van der Waals surface area contributed by atoms with Gasteiger partial charge in [-0.05, 0) is 13.8 Å². The highest BCUT2D eigenvalue weighted by molar-refractivity contribution is 8.23. The van der Waals surface area contributed by atoms with Crippen LogP contribution in [0.1, 0.15) is 13.8 Å². The quantitative estimate of drug-likeness (QED) is 0.726. The Bertz CT molecular complexity index is 358. The van der Waals surface area contributed by atoms with Crippen molar-refractivity contribution >= 4 is 38.1 Å². The molecule has 6 heteroatoms. The number of rotatable bonds is 3.